The summed E-state index contributed by atoms with van der Waals surface area (Å²) in [6.07, 6.45) is 1.69. The lowest BCUT2D eigenvalue weighted by atomic mass is 9.92. The molecule has 1 unspecified atom stereocenters. The summed E-state index contributed by atoms with van der Waals surface area (Å²) in [6.45, 7) is 6.26. The molecule has 0 bridgehead atoms. The van der Waals surface area contributed by atoms with Gasteiger partial charge in [-0.2, -0.15) is 0 Å². The fraction of sp³-hybridized carbons (Fsp3) is 0.526. The van der Waals surface area contributed by atoms with Gasteiger partial charge in [-0.05, 0) is 44.5 Å². The molecule has 0 heterocycles. The fourth-order valence-corrected chi connectivity index (χ4v) is 2.30. The van der Waals surface area contributed by atoms with E-state index in [0.717, 1.165) is 6.42 Å². The van der Waals surface area contributed by atoms with Gasteiger partial charge in [0, 0.05) is 18.4 Å². The van der Waals surface area contributed by atoms with Crippen molar-refractivity contribution < 1.29 is 23.9 Å². The molecule has 0 aliphatic carbocycles. The van der Waals surface area contributed by atoms with Crippen molar-refractivity contribution in [3.05, 3.63) is 29.8 Å². The summed E-state index contributed by atoms with van der Waals surface area (Å²) in [5, 5.41) is 0. The predicted molar refractivity (Wildman–Crippen MR) is 91.2 cm³/mol. The molecule has 0 saturated carbocycles. The molecular weight excluding hydrogens is 308 g/mol. The fourth-order valence-electron chi connectivity index (χ4n) is 2.30. The number of ether oxygens (including phenoxy) is 2. The Balaban J connectivity index is 2.81. The van der Waals surface area contributed by atoms with Crippen LogP contribution in [0.25, 0.3) is 0 Å². The average Bonchev–Trinajstić information content (AvgIpc) is 2.58. The minimum absolute atomic E-state index is 0.157. The van der Waals surface area contributed by atoms with Crippen LogP contribution in [0.1, 0.15) is 56.8 Å². The number of carbonyl (C=O) groups excluding carboxylic acids is 3. The van der Waals surface area contributed by atoms with Crippen LogP contribution in [0.15, 0.2) is 24.3 Å². The molecule has 0 aliphatic heterocycles. The molecule has 0 spiro atoms. The predicted octanol–water partition coefficient (Wildman–Crippen LogP) is 3.60. The largest absolute Gasteiger partial charge is 0.494 e. The molecule has 1 aromatic rings. The normalized spacial score (nSPS) is 11.6. The zero-order valence-electron chi connectivity index (χ0n) is 14.7. The summed E-state index contributed by atoms with van der Waals surface area (Å²) in [5.41, 5.74) is 0.455. The van der Waals surface area contributed by atoms with Gasteiger partial charge in [-0.3, -0.25) is 14.4 Å². The number of rotatable bonds is 11. The van der Waals surface area contributed by atoms with Gasteiger partial charge in [-0.25, -0.2) is 0 Å². The smallest absolute Gasteiger partial charge is 0.316 e. The Morgan fingerprint density at radius 2 is 1.67 bits per heavy atom. The van der Waals surface area contributed by atoms with E-state index in [1.54, 1.807) is 31.2 Å². The number of esters is 1. The Morgan fingerprint density at radius 1 is 1.00 bits per heavy atom. The number of ketones is 2. The standard InChI is InChI=1S/C19H26O5/c1-4-7-8-17(20)16(19(22)24-6-3)13-18(21)14-9-11-15(12-10-14)23-5-2/h9-12,16H,4-8,13H2,1-3H3. The number of hydrogen-bond donors (Lipinski definition) is 0. The molecule has 5 nitrogen and oxygen atoms in total. The van der Waals surface area contributed by atoms with Crippen LogP contribution in [0.3, 0.4) is 0 Å². The monoisotopic (exact) mass is 334 g/mol. The first-order valence-corrected chi connectivity index (χ1v) is 8.48. The molecule has 0 fully saturated rings. The van der Waals surface area contributed by atoms with E-state index in [1.807, 2.05) is 13.8 Å². The average molecular weight is 334 g/mol. The minimum Gasteiger partial charge on any atom is -0.494 e. The third-order valence-electron chi connectivity index (χ3n) is 3.61. The molecule has 132 valence electrons. The first-order chi connectivity index (χ1) is 11.5. The highest BCUT2D eigenvalue weighted by molar-refractivity contribution is 6.06. The topological polar surface area (TPSA) is 69.7 Å². The Labute approximate surface area is 143 Å². The van der Waals surface area contributed by atoms with Crippen molar-refractivity contribution in [1.29, 1.82) is 0 Å². The van der Waals surface area contributed by atoms with E-state index in [1.165, 1.54) is 0 Å². The second kappa shape index (κ2) is 10.6. The van der Waals surface area contributed by atoms with E-state index in [9.17, 15) is 14.4 Å². The highest BCUT2D eigenvalue weighted by atomic mass is 16.5. The van der Waals surface area contributed by atoms with Gasteiger partial charge in [-0.15, -0.1) is 0 Å². The molecule has 24 heavy (non-hydrogen) atoms. The molecule has 1 rings (SSSR count). The Morgan fingerprint density at radius 3 is 2.21 bits per heavy atom. The van der Waals surface area contributed by atoms with E-state index in [0.29, 0.717) is 24.3 Å². The highest BCUT2D eigenvalue weighted by Crippen LogP contribution is 2.18. The van der Waals surface area contributed by atoms with Crippen molar-refractivity contribution in [3.8, 4) is 5.75 Å². The number of Topliss-reactive ketones (excluding diaryl/α,β-unsaturated/α-hetero) is 2. The number of unbranched alkanes of at least 4 members (excludes halogenated alkanes) is 1. The third-order valence-corrected chi connectivity index (χ3v) is 3.61. The summed E-state index contributed by atoms with van der Waals surface area (Å²) in [4.78, 5) is 36.7. The van der Waals surface area contributed by atoms with E-state index in [4.69, 9.17) is 9.47 Å². The lowest BCUT2D eigenvalue weighted by Gasteiger charge is -2.14. The second-order valence-electron chi connectivity index (χ2n) is 5.46. The quantitative estimate of drug-likeness (QED) is 0.351. The molecule has 0 N–H and O–H groups in total. The van der Waals surface area contributed by atoms with E-state index >= 15 is 0 Å². The first-order valence-electron chi connectivity index (χ1n) is 8.48. The summed E-state index contributed by atoms with van der Waals surface area (Å²) >= 11 is 0. The van der Waals surface area contributed by atoms with Crippen molar-refractivity contribution in [2.75, 3.05) is 13.2 Å². The zero-order chi connectivity index (χ0) is 17.9. The maximum absolute atomic E-state index is 12.4. The lowest BCUT2D eigenvalue weighted by Crippen LogP contribution is -2.28. The van der Waals surface area contributed by atoms with Crippen LogP contribution in [0.5, 0.6) is 5.75 Å². The van der Waals surface area contributed by atoms with Crippen LogP contribution in [0.4, 0.5) is 0 Å². The van der Waals surface area contributed by atoms with Gasteiger partial charge in [-0.1, -0.05) is 13.3 Å². The van der Waals surface area contributed by atoms with E-state index in [-0.39, 0.29) is 31.0 Å². The van der Waals surface area contributed by atoms with Gasteiger partial charge in [0.05, 0.1) is 13.2 Å². The summed E-state index contributed by atoms with van der Waals surface area (Å²) in [5.74, 6) is -1.43. The third kappa shape index (κ3) is 6.14. The Kier molecular flexibility index (Phi) is 8.76. The second-order valence-corrected chi connectivity index (χ2v) is 5.46. The van der Waals surface area contributed by atoms with Crippen LogP contribution in [0.2, 0.25) is 0 Å². The molecule has 5 heteroatoms. The van der Waals surface area contributed by atoms with Crippen LogP contribution in [-0.4, -0.2) is 30.7 Å². The van der Waals surface area contributed by atoms with Crippen molar-refractivity contribution in [1.82, 2.24) is 0 Å². The molecule has 0 aliphatic rings. The molecular formula is C19H26O5. The number of benzene rings is 1. The summed E-state index contributed by atoms with van der Waals surface area (Å²) in [6, 6.07) is 6.70. The van der Waals surface area contributed by atoms with Crippen LogP contribution >= 0.6 is 0 Å². The number of hydrogen-bond acceptors (Lipinski definition) is 5. The van der Waals surface area contributed by atoms with Crippen LogP contribution in [-0.2, 0) is 14.3 Å². The maximum atomic E-state index is 12.4. The lowest BCUT2D eigenvalue weighted by molar-refractivity contribution is -0.151. The number of carbonyl (C=O) groups is 3. The van der Waals surface area contributed by atoms with Gasteiger partial charge < -0.3 is 9.47 Å². The van der Waals surface area contributed by atoms with Crippen molar-refractivity contribution >= 4 is 17.5 Å². The highest BCUT2D eigenvalue weighted by Gasteiger charge is 2.30. The van der Waals surface area contributed by atoms with Gasteiger partial charge >= 0.3 is 5.97 Å². The van der Waals surface area contributed by atoms with Crippen LogP contribution < -0.4 is 4.74 Å². The molecule has 1 aromatic carbocycles. The first kappa shape index (κ1) is 19.9. The zero-order valence-corrected chi connectivity index (χ0v) is 14.7. The Bertz CT molecular complexity index is 547. The molecule has 0 amide bonds. The van der Waals surface area contributed by atoms with Gasteiger partial charge in [0.25, 0.3) is 0 Å². The van der Waals surface area contributed by atoms with Gasteiger partial charge in [0.1, 0.15) is 17.5 Å². The van der Waals surface area contributed by atoms with Crippen molar-refractivity contribution in [2.24, 2.45) is 5.92 Å². The minimum atomic E-state index is -1.02. The van der Waals surface area contributed by atoms with E-state index < -0.39 is 11.9 Å². The van der Waals surface area contributed by atoms with Crippen molar-refractivity contribution in [2.45, 2.75) is 46.5 Å². The van der Waals surface area contributed by atoms with Crippen LogP contribution in [0, 0.1) is 5.92 Å². The molecule has 1 atom stereocenters. The molecule has 0 radical (unpaired) electrons. The SMILES string of the molecule is CCCCC(=O)C(CC(=O)c1ccc(OCC)cc1)C(=O)OCC. The van der Waals surface area contributed by atoms with Gasteiger partial charge in [0.15, 0.2) is 5.78 Å². The van der Waals surface area contributed by atoms with Crippen molar-refractivity contribution in [3.63, 3.8) is 0 Å². The molecule has 0 aromatic heterocycles. The Hall–Kier alpha value is -2.17. The van der Waals surface area contributed by atoms with Gasteiger partial charge in [0.2, 0.25) is 0 Å². The summed E-state index contributed by atoms with van der Waals surface area (Å²) < 4.78 is 10.3. The summed E-state index contributed by atoms with van der Waals surface area (Å²) in [7, 11) is 0. The molecule has 0 saturated heterocycles. The maximum Gasteiger partial charge on any atom is 0.316 e. The van der Waals surface area contributed by atoms with E-state index in [2.05, 4.69) is 0 Å².